The van der Waals surface area contributed by atoms with Gasteiger partial charge in [0.1, 0.15) is 5.82 Å². The SMILES string of the molecule is Cn1ccnc1CN1CCC2(CC1)C[C@@H](Nc1nccs1)CO2. The Morgan fingerprint density at radius 3 is 2.91 bits per heavy atom. The van der Waals surface area contributed by atoms with E-state index in [1.807, 2.05) is 24.0 Å². The van der Waals surface area contributed by atoms with Crippen LogP contribution in [-0.2, 0) is 18.3 Å². The van der Waals surface area contributed by atoms with Crippen LogP contribution < -0.4 is 5.32 Å². The number of thiazole rings is 1. The van der Waals surface area contributed by atoms with E-state index in [1.165, 1.54) is 0 Å². The van der Waals surface area contributed by atoms with Gasteiger partial charge in [0.25, 0.3) is 0 Å². The molecule has 0 amide bonds. The number of aryl methyl sites for hydroxylation is 1. The van der Waals surface area contributed by atoms with Gasteiger partial charge in [-0.15, -0.1) is 11.3 Å². The van der Waals surface area contributed by atoms with Gasteiger partial charge < -0.3 is 14.6 Å². The predicted octanol–water partition coefficient (Wildman–Crippen LogP) is 2.11. The highest BCUT2D eigenvalue weighted by molar-refractivity contribution is 7.13. The molecule has 1 N–H and O–H groups in total. The average Bonchev–Trinajstić information content (AvgIpc) is 3.27. The molecule has 4 rings (SSSR count). The molecule has 0 aromatic carbocycles. The smallest absolute Gasteiger partial charge is 0.182 e. The van der Waals surface area contributed by atoms with Crippen molar-refractivity contribution in [3.8, 4) is 0 Å². The first-order valence-corrected chi connectivity index (χ1v) is 9.09. The molecule has 6 nitrogen and oxygen atoms in total. The molecule has 0 radical (unpaired) electrons. The van der Waals surface area contributed by atoms with Gasteiger partial charge in [0.05, 0.1) is 24.8 Å². The zero-order valence-electron chi connectivity index (χ0n) is 13.4. The first-order valence-electron chi connectivity index (χ1n) is 8.21. The molecular formula is C16H23N5OS. The number of nitrogens with one attached hydrogen (secondary N) is 1. The van der Waals surface area contributed by atoms with Gasteiger partial charge in [-0.1, -0.05) is 0 Å². The van der Waals surface area contributed by atoms with Crippen LogP contribution in [0, 0.1) is 0 Å². The van der Waals surface area contributed by atoms with E-state index >= 15 is 0 Å². The van der Waals surface area contributed by atoms with E-state index in [2.05, 4.69) is 31.8 Å². The lowest BCUT2D eigenvalue weighted by atomic mass is 9.87. The van der Waals surface area contributed by atoms with Gasteiger partial charge in [-0.2, -0.15) is 0 Å². The number of hydrogen-bond donors (Lipinski definition) is 1. The third-order valence-corrected chi connectivity index (χ3v) is 5.73. The zero-order chi connectivity index (χ0) is 15.7. The van der Waals surface area contributed by atoms with Crippen LogP contribution in [0.1, 0.15) is 25.1 Å². The Morgan fingerprint density at radius 2 is 2.22 bits per heavy atom. The Hall–Kier alpha value is -1.44. The number of ether oxygens (including phenoxy) is 1. The lowest BCUT2D eigenvalue weighted by molar-refractivity contribution is -0.0452. The lowest BCUT2D eigenvalue weighted by Crippen LogP contribution is -2.44. The Bertz CT molecular complexity index is 633. The van der Waals surface area contributed by atoms with E-state index in [0.29, 0.717) is 6.04 Å². The third-order valence-electron chi connectivity index (χ3n) is 5.02. The molecule has 2 aliphatic heterocycles. The summed E-state index contributed by atoms with van der Waals surface area (Å²) in [4.78, 5) is 11.2. The lowest BCUT2D eigenvalue weighted by Gasteiger charge is -2.38. The Kier molecular flexibility index (Phi) is 4.09. The molecule has 0 unspecified atom stereocenters. The van der Waals surface area contributed by atoms with Crippen LogP contribution in [0.3, 0.4) is 0 Å². The molecule has 0 bridgehead atoms. The second-order valence-electron chi connectivity index (χ2n) is 6.61. The van der Waals surface area contributed by atoms with Gasteiger partial charge >= 0.3 is 0 Å². The fourth-order valence-corrected chi connectivity index (χ4v) is 4.23. The van der Waals surface area contributed by atoms with Gasteiger partial charge in [0.2, 0.25) is 0 Å². The number of anilines is 1. The van der Waals surface area contributed by atoms with E-state index in [4.69, 9.17) is 4.74 Å². The van der Waals surface area contributed by atoms with Crippen molar-refractivity contribution in [1.82, 2.24) is 19.4 Å². The monoisotopic (exact) mass is 333 g/mol. The maximum atomic E-state index is 6.22. The molecule has 23 heavy (non-hydrogen) atoms. The summed E-state index contributed by atoms with van der Waals surface area (Å²) in [7, 11) is 2.06. The molecule has 0 saturated carbocycles. The number of nitrogens with zero attached hydrogens (tertiary/aromatic N) is 4. The summed E-state index contributed by atoms with van der Waals surface area (Å²) in [6.07, 6.45) is 9.02. The molecule has 4 heterocycles. The quantitative estimate of drug-likeness (QED) is 0.929. The molecule has 2 saturated heterocycles. The summed E-state index contributed by atoms with van der Waals surface area (Å²) in [5.74, 6) is 1.14. The van der Waals surface area contributed by atoms with Gasteiger partial charge in [0.15, 0.2) is 5.13 Å². The van der Waals surface area contributed by atoms with Gasteiger partial charge in [-0.05, 0) is 19.3 Å². The molecule has 0 aliphatic carbocycles. The maximum absolute atomic E-state index is 6.22. The van der Waals surface area contributed by atoms with Crippen molar-refractivity contribution >= 4 is 16.5 Å². The largest absolute Gasteiger partial charge is 0.373 e. The van der Waals surface area contributed by atoms with E-state index in [1.54, 1.807) is 11.3 Å². The van der Waals surface area contributed by atoms with Crippen molar-refractivity contribution in [1.29, 1.82) is 0 Å². The van der Waals surface area contributed by atoms with Crippen molar-refractivity contribution < 1.29 is 4.74 Å². The average molecular weight is 333 g/mol. The molecule has 2 fully saturated rings. The molecular weight excluding hydrogens is 310 g/mol. The zero-order valence-corrected chi connectivity index (χ0v) is 14.3. The number of piperidine rings is 1. The Morgan fingerprint density at radius 1 is 1.35 bits per heavy atom. The van der Waals surface area contributed by atoms with E-state index in [0.717, 1.165) is 56.5 Å². The summed E-state index contributed by atoms with van der Waals surface area (Å²) in [5.41, 5.74) is 0.0626. The van der Waals surface area contributed by atoms with Crippen molar-refractivity contribution in [2.45, 2.75) is 37.5 Å². The minimum Gasteiger partial charge on any atom is -0.373 e. The third kappa shape index (κ3) is 3.27. The topological polar surface area (TPSA) is 55.2 Å². The number of rotatable bonds is 4. The summed E-state index contributed by atoms with van der Waals surface area (Å²) in [6, 6.07) is 0.391. The van der Waals surface area contributed by atoms with Crippen LogP contribution in [0.25, 0.3) is 0 Å². The molecule has 2 aromatic rings. The molecule has 2 aromatic heterocycles. The molecule has 7 heteroatoms. The van der Waals surface area contributed by atoms with Crippen LogP contribution in [-0.4, -0.2) is 50.8 Å². The fourth-order valence-electron chi connectivity index (χ4n) is 3.62. The summed E-state index contributed by atoms with van der Waals surface area (Å²) in [6.45, 7) is 3.88. The highest BCUT2D eigenvalue weighted by Gasteiger charge is 2.42. The van der Waals surface area contributed by atoms with Crippen LogP contribution in [0.5, 0.6) is 0 Å². The first-order chi connectivity index (χ1) is 11.2. The van der Waals surface area contributed by atoms with Crippen molar-refractivity contribution in [2.75, 3.05) is 25.0 Å². The number of hydrogen-bond acceptors (Lipinski definition) is 6. The van der Waals surface area contributed by atoms with Crippen molar-refractivity contribution in [3.05, 3.63) is 29.8 Å². The standard InChI is InChI=1S/C16H23N5OS/c1-20-8-4-17-14(20)11-21-6-2-16(3-7-21)10-13(12-22-16)19-15-18-5-9-23-15/h4-5,8-9,13H,2-3,6-7,10-12H2,1H3,(H,18,19)/t13-/m1/s1. The van der Waals surface area contributed by atoms with E-state index < -0.39 is 0 Å². The second-order valence-corrected chi connectivity index (χ2v) is 7.50. The predicted molar refractivity (Wildman–Crippen MR) is 90.5 cm³/mol. The normalized spacial score (nSPS) is 24.3. The van der Waals surface area contributed by atoms with Crippen LogP contribution in [0.2, 0.25) is 0 Å². The molecule has 1 atom stereocenters. The Labute approximate surface area is 140 Å². The van der Waals surface area contributed by atoms with Crippen molar-refractivity contribution in [2.24, 2.45) is 7.05 Å². The van der Waals surface area contributed by atoms with Crippen LogP contribution in [0.15, 0.2) is 24.0 Å². The minimum atomic E-state index is 0.0626. The van der Waals surface area contributed by atoms with Crippen molar-refractivity contribution in [3.63, 3.8) is 0 Å². The maximum Gasteiger partial charge on any atom is 0.182 e. The van der Waals surface area contributed by atoms with E-state index in [-0.39, 0.29) is 5.60 Å². The highest BCUT2D eigenvalue weighted by Crippen LogP contribution is 2.37. The second kappa shape index (κ2) is 6.22. The molecule has 124 valence electrons. The molecule has 1 spiro atoms. The minimum absolute atomic E-state index is 0.0626. The summed E-state index contributed by atoms with van der Waals surface area (Å²) >= 11 is 1.65. The summed E-state index contributed by atoms with van der Waals surface area (Å²) < 4.78 is 8.32. The number of aromatic nitrogens is 3. The van der Waals surface area contributed by atoms with E-state index in [9.17, 15) is 0 Å². The van der Waals surface area contributed by atoms with Crippen LogP contribution >= 0.6 is 11.3 Å². The van der Waals surface area contributed by atoms with Gasteiger partial charge in [-0.25, -0.2) is 9.97 Å². The van der Waals surface area contributed by atoms with Crippen LogP contribution in [0.4, 0.5) is 5.13 Å². The number of likely N-dealkylation sites (tertiary alicyclic amines) is 1. The fraction of sp³-hybridized carbons (Fsp3) is 0.625. The highest BCUT2D eigenvalue weighted by atomic mass is 32.1. The van der Waals surface area contributed by atoms with Gasteiger partial charge in [-0.3, -0.25) is 4.90 Å². The summed E-state index contributed by atoms with van der Waals surface area (Å²) in [5, 5.41) is 6.51. The van der Waals surface area contributed by atoms with Gasteiger partial charge in [0, 0.05) is 44.1 Å². The Balaban J connectivity index is 1.30. The first kappa shape index (κ1) is 15.1. The number of imidazole rings is 1. The molecule has 2 aliphatic rings.